The molecule has 1 aliphatic heterocycles. The number of thiazole rings is 1. The Morgan fingerprint density at radius 1 is 1.32 bits per heavy atom. The van der Waals surface area contributed by atoms with Crippen molar-refractivity contribution in [3.8, 4) is 0 Å². The van der Waals surface area contributed by atoms with E-state index < -0.39 is 0 Å². The highest BCUT2D eigenvalue weighted by Crippen LogP contribution is 2.25. The minimum atomic E-state index is 0. The number of rotatable bonds is 8. The first-order chi connectivity index (χ1) is 13.3. The third-order valence-corrected chi connectivity index (χ3v) is 6.57. The average Bonchev–Trinajstić information content (AvgIpc) is 3.36. The van der Waals surface area contributed by atoms with Crippen molar-refractivity contribution in [3.05, 3.63) is 38.5 Å². The molecular weight excluding hydrogens is 505 g/mol. The van der Waals surface area contributed by atoms with Gasteiger partial charge in [0.15, 0.2) is 5.96 Å². The number of guanidine groups is 1. The maximum atomic E-state index is 5.52. The lowest BCUT2D eigenvalue weighted by Crippen LogP contribution is -2.46. The number of ether oxygens (including phenoxy) is 1. The predicted molar refractivity (Wildman–Crippen MR) is 129 cm³/mol. The topological polar surface area (TPSA) is 61.8 Å². The van der Waals surface area contributed by atoms with Crippen molar-refractivity contribution in [2.45, 2.75) is 25.8 Å². The minimum Gasteiger partial charge on any atom is -0.379 e. The van der Waals surface area contributed by atoms with E-state index in [4.69, 9.17) is 4.74 Å². The van der Waals surface area contributed by atoms with Crippen molar-refractivity contribution in [1.29, 1.82) is 0 Å². The Hall–Kier alpha value is -0.750. The van der Waals surface area contributed by atoms with Gasteiger partial charge in [-0.3, -0.25) is 9.89 Å². The third-order valence-electron chi connectivity index (χ3n) is 4.57. The number of thiophene rings is 1. The van der Waals surface area contributed by atoms with Crippen molar-refractivity contribution in [3.63, 3.8) is 0 Å². The number of halogens is 1. The molecule has 1 atom stereocenters. The Morgan fingerprint density at radius 3 is 2.79 bits per heavy atom. The third kappa shape index (κ3) is 7.25. The van der Waals surface area contributed by atoms with E-state index in [2.05, 4.69) is 48.4 Å². The van der Waals surface area contributed by atoms with E-state index in [9.17, 15) is 0 Å². The molecule has 0 radical (unpaired) electrons. The fraction of sp³-hybridized carbons (Fsp3) is 0.579. The van der Waals surface area contributed by atoms with Crippen LogP contribution in [-0.2, 0) is 11.2 Å². The van der Waals surface area contributed by atoms with Crippen LogP contribution in [0.25, 0.3) is 0 Å². The molecule has 28 heavy (non-hydrogen) atoms. The summed E-state index contributed by atoms with van der Waals surface area (Å²) in [6.45, 7) is 7.34. The number of hydrogen-bond donors (Lipinski definition) is 2. The molecule has 0 aromatic carbocycles. The molecule has 0 amide bonds. The lowest BCUT2D eigenvalue weighted by molar-refractivity contribution is 0.0177. The lowest BCUT2D eigenvalue weighted by Gasteiger charge is -2.34. The van der Waals surface area contributed by atoms with Gasteiger partial charge in [0, 0.05) is 55.6 Å². The lowest BCUT2D eigenvalue weighted by atomic mass is 10.2. The molecule has 3 rings (SSSR count). The van der Waals surface area contributed by atoms with Crippen LogP contribution < -0.4 is 10.6 Å². The van der Waals surface area contributed by atoms with Crippen LogP contribution >= 0.6 is 46.7 Å². The van der Waals surface area contributed by atoms with Crippen molar-refractivity contribution in [2.24, 2.45) is 4.99 Å². The van der Waals surface area contributed by atoms with Crippen LogP contribution in [0.1, 0.15) is 28.0 Å². The van der Waals surface area contributed by atoms with Gasteiger partial charge >= 0.3 is 0 Å². The van der Waals surface area contributed by atoms with Gasteiger partial charge < -0.3 is 15.4 Å². The summed E-state index contributed by atoms with van der Waals surface area (Å²) in [4.78, 5) is 12.8. The van der Waals surface area contributed by atoms with Gasteiger partial charge in [-0.15, -0.1) is 46.7 Å². The summed E-state index contributed by atoms with van der Waals surface area (Å²) < 4.78 is 5.52. The van der Waals surface area contributed by atoms with Gasteiger partial charge in [-0.2, -0.15) is 0 Å². The monoisotopic (exact) mass is 535 g/mol. The van der Waals surface area contributed by atoms with Gasteiger partial charge in [-0.05, 0) is 24.8 Å². The summed E-state index contributed by atoms with van der Waals surface area (Å²) in [5.74, 6) is 0.861. The van der Waals surface area contributed by atoms with Crippen LogP contribution in [0.3, 0.4) is 0 Å². The van der Waals surface area contributed by atoms with Crippen LogP contribution in [0.5, 0.6) is 0 Å². The quantitative estimate of drug-likeness (QED) is 0.235. The van der Waals surface area contributed by atoms with Crippen LogP contribution in [-0.4, -0.2) is 62.3 Å². The van der Waals surface area contributed by atoms with Crippen LogP contribution in [0, 0.1) is 6.92 Å². The Bertz CT molecular complexity index is 701. The smallest absolute Gasteiger partial charge is 0.191 e. The molecule has 3 heterocycles. The maximum absolute atomic E-state index is 5.52. The van der Waals surface area contributed by atoms with Crippen molar-refractivity contribution < 1.29 is 4.74 Å². The highest BCUT2D eigenvalue weighted by atomic mass is 127. The number of morpholine rings is 1. The highest BCUT2D eigenvalue weighted by Gasteiger charge is 2.23. The van der Waals surface area contributed by atoms with E-state index in [1.54, 1.807) is 11.3 Å². The fourth-order valence-electron chi connectivity index (χ4n) is 3.16. The standard InChI is InChI=1S/C19H29N5OS2.HI/c1-15-14-27-18(23-15)6-3-7-21-19(20-2)22-13-16(17-5-4-12-26-17)24-8-10-25-11-9-24;/h4-5,12,14,16H,3,6-11,13H2,1-2H3,(H2,20,21,22);1H. The van der Waals surface area contributed by atoms with Crippen LogP contribution in [0.15, 0.2) is 27.9 Å². The normalized spacial score (nSPS) is 16.4. The molecular formula is C19H30IN5OS2. The molecule has 2 N–H and O–H groups in total. The number of hydrogen-bond acceptors (Lipinski definition) is 6. The number of nitrogens with zero attached hydrogens (tertiary/aromatic N) is 3. The van der Waals surface area contributed by atoms with E-state index in [1.807, 2.05) is 25.3 Å². The second-order valence-electron chi connectivity index (χ2n) is 6.55. The summed E-state index contributed by atoms with van der Waals surface area (Å²) in [6, 6.07) is 4.70. The van der Waals surface area contributed by atoms with Gasteiger partial charge in [0.25, 0.3) is 0 Å². The van der Waals surface area contributed by atoms with Crippen molar-refractivity contribution >= 4 is 52.6 Å². The second kappa shape index (κ2) is 12.7. The highest BCUT2D eigenvalue weighted by molar-refractivity contribution is 14.0. The first-order valence-electron chi connectivity index (χ1n) is 9.47. The second-order valence-corrected chi connectivity index (χ2v) is 8.47. The molecule has 1 unspecified atom stereocenters. The largest absolute Gasteiger partial charge is 0.379 e. The van der Waals surface area contributed by atoms with E-state index in [-0.39, 0.29) is 24.0 Å². The molecule has 156 valence electrons. The molecule has 0 aliphatic carbocycles. The Labute approximate surface area is 192 Å². The first-order valence-corrected chi connectivity index (χ1v) is 11.2. The van der Waals surface area contributed by atoms with Crippen LogP contribution in [0.2, 0.25) is 0 Å². The molecule has 1 saturated heterocycles. The Kier molecular flexibility index (Phi) is 10.7. The molecule has 0 saturated carbocycles. The van der Waals surface area contributed by atoms with Gasteiger partial charge in [-0.25, -0.2) is 4.98 Å². The van der Waals surface area contributed by atoms with Crippen molar-refractivity contribution in [2.75, 3.05) is 46.4 Å². The zero-order valence-electron chi connectivity index (χ0n) is 16.5. The molecule has 2 aromatic heterocycles. The van der Waals surface area contributed by atoms with E-state index >= 15 is 0 Å². The summed E-state index contributed by atoms with van der Waals surface area (Å²) in [5.41, 5.74) is 1.11. The van der Waals surface area contributed by atoms with E-state index in [0.29, 0.717) is 6.04 Å². The molecule has 1 fully saturated rings. The Morgan fingerprint density at radius 2 is 2.14 bits per heavy atom. The molecule has 0 spiro atoms. The number of nitrogens with one attached hydrogen (secondary N) is 2. The number of aromatic nitrogens is 1. The molecule has 6 nitrogen and oxygen atoms in total. The van der Waals surface area contributed by atoms with Gasteiger partial charge in [-0.1, -0.05) is 6.07 Å². The summed E-state index contributed by atoms with van der Waals surface area (Å²) >= 11 is 3.56. The average molecular weight is 536 g/mol. The fourth-order valence-corrected chi connectivity index (χ4v) is 4.84. The maximum Gasteiger partial charge on any atom is 0.191 e. The van der Waals surface area contributed by atoms with Gasteiger partial charge in [0.1, 0.15) is 0 Å². The van der Waals surface area contributed by atoms with Crippen LogP contribution in [0.4, 0.5) is 0 Å². The zero-order valence-corrected chi connectivity index (χ0v) is 20.5. The molecule has 9 heteroatoms. The number of aliphatic imine (C=N–C) groups is 1. The molecule has 2 aromatic rings. The molecule has 0 bridgehead atoms. The summed E-state index contributed by atoms with van der Waals surface area (Å²) in [6.07, 6.45) is 2.06. The Balaban J connectivity index is 0.00000280. The van der Waals surface area contributed by atoms with Crippen molar-refractivity contribution in [1.82, 2.24) is 20.5 Å². The minimum absolute atomic E-state index is 0. The predicted octanol–water partition coefficient (Wildman–Crippen LogP) is 3.30. The summed E-state index contributed by atoms with van der Waals surface area (Å²) in [7, 11) is 1.83. The summed E-state index contributed by atoms with van der Waals surface area (Å²) in [5, 5.41) is 12.4. The van der Waals surface area contributed by atoms with E-state index in [0.717, 1.165) is 63.9 Å². The number of aryl methyl sites for hydroxylation is 2. The molecule has 1 aliphatic rings. The SMILES string of the molecule is CN=C(NCCCc1nc(C)cs1)NCC(c1cccs1)N1CCOCC1.I. The van der Waals surface area contributed by atoms with Gasteiger partial charge in [0.2, 0.25) is 0 Å². The zero-order chi connectivity index (χ0) is 18.9. The van der Waals surface area contributed by atoms with E-state index in [1.165, 1.54) is 9.88 Å². The van der Waals surface area contributed by atoms with Gasteiger partial charge in [0.05, 0.1) is 24.3 Å². The first kappa shape index (κ1) is 23.5.